The summed E-state index contributed by atoms with van der Waals surface area (Å²) < 4.78 is 13.6. The van der Waals surface area contributed by atoms with Gasteiger partial charge in [0.1, 0.15) is 0 Å². The van der Waals surface area contributed by atoms with Gasteiger partial charge in [-0.15, -0.1) is 11.8 Å². The van der Waals surface area contributed by atoms with Gasteiger partial charge in [-0.1, -0.05) is 0 Å². The van der Waals surface area contributed by atoms with Crippen LogP contribution in [0.3, 0.4) is 0 Å². The molecule has 0 amide bonds. The molecule has 4 heteroatoms. The van der Waals surface area contributed by atoms with Gasteiger partial charge >= 0.3 is 0 Å². The summed E-state index contributed by atoms with van der Waals surface area (Å²) in [6.07, 6.45) is 1.79. The van der Waals surface area contributed by atoms with Crippen LogP contribution in [0.4, 0.5) is 10.1 Å². The first-order valence-corrected chi connectivity index (χ1v) is 4.96. The fourth-order valence-electron chi connectivity index (χ4n) is 0.754. The molecule has 0 aliphatic carbocycles. The molecule has 0 aliphatic rings. The van der Waals surface area contributed by atoms with Crippen molar-refractivity contribution in [3.8, 4) is 0 Å². The molecule has 11 heavy (non-hydrogen) atoms. The minimum atomic E-state index is -0.280. The zero-order chi connectivity index (χ0) is 8.43. The maximum Gasteiger partial charge on any atom is 0.152 e. The van der Waals surface area contributed by atoms with Gasteiger partial charge < -0.3 is 5.73 Å². The van der Waals surface area contributed by atoms with E-state index in [0.717, 1.165) is 0 Å². The first kappa shape index (κ1) is 8.87. The van der Waals surface area contributed by atoms with Gasteiger partial charge in [-0.3, -0.25) is 0 Å². The lowest BCUT2D eigenvalue weighted by atomic mass is 10.3. The first-order chi connectivity index (χ1) is 5.16. The Morgan fingerprint density at radius 3 is 2.64 bits per heavy atom. The number of hydrogen-bond acceptors (Lipinski definition) is 2. The van der Waals surface area contributed by atoms with Crippen LogP contribution in [-0.2, 0) is 0 Å². The Balaban J connectivity index is 3.29. The minimum Gasteiger partial charge on any atom is -0.398 e. The van der Waals surface area contributed by atoms with Crippen molar-refractivity contribution in [1.82, 2.24) is 0 Å². The van der Waals surface area contributed by atoms with Crippen molar-refractivity contribution >= 4 is 33.4 Å². The third-order valence-electron chi connectivity index (χ3n) is 1.28. The highest BCUT2D eigenvalue weighted by atomic mass is 79.9. The van der Waals surface area contributed by atoms with E-state index in [9.17, 15) is 4.39 Å². The van der Waals surface area contributed by atoms with Gasteiger partial charge in [0.05, 0.1) is 9.37 Å². The van der Waals surface area contributed by atoms with Gasteiger partial charge in [0.2, 0.25) is 0 Å². The summed E-state index contributed by atoms with van der Waals surface area (Å²) in [7, 11) is 0. The van der Waals surface area contributed by atoms with E-state index >= 15 is 0 Å². The Hall–Kier alpha value is -0.220. The van der Waals surface area contributed by atoms with E-state index < -0.39 is 0 Å². The zero-order valence-electron chi connectivity index (χ0n) is 5.90. The van der Waals surface area contributed by atoms with Gasteiger partial charge in [-0.25, -0.2) is 4.39 Å². The third kappa shape index (κ3) is 1.68. The first-order valence-electron chi connectivity index (χ1n) is 2.94. The number of benzene rings is 1. The molecule has 0 aliphatic heterocycles. The van der Waals surface area contributed by atoms with Crippen molar-refractivity contribution in [2.45, 2.75) is 4.90 Å². The number of anilines is 1. The second kappa shape index (κ2) is 3.45. The molecule has 0 unspecified atom stereocenters. The number of halogens is 2. The second-order valence-corrected chi connectivity index (χ2v) is 3.65. The van der Waals surface area contributed by atoms with E-state index in [4.69, 9.17) is 5.73 Å². The molecule has 0 atom stereocenters. The van der Waals surface area contributed by atoms with Gasteiger partial charge in [0.15, 0.2) is 5.82 Å². The second-order valence-electron chi connectivity index (χ2n) is 1.98. The van der Waals surface area contributed by atoms with Gasteiger partial charge in [-0.05, 0) is 34.3 Å². The summed E-state index contributed by atoms with van der Waals surface area (Å²) in [4.78, 5) is 0.499. The van der Waals surface area contributed by atoms with Crippen LogP contribution in [-0.4, -0.2) is 6.26 Å². The zero-order valence-corrected chi connectivity index (χ0v) is 8.30. The average Bonchev–Trinajstić information content (AvgIpc) is 1.99. The lowest BCUT2D eigenvalue weighted by Gasteiger charge is -2.04. The lowest BCUT2D eigenvalue weighted by molar-refractivity contribution is 0.597. The largest absolute Gasteiger partial charge is 0.398 e. The van der Waals surface area contributed by atoms with Crippen molar-refractivity contribution in [1.29, 1.82) is 0 Å². The van der Waals surface area contributed by atoms with Crippen LogP contribution in [0.2, 0.25) is 0 Å². The highest BCUT2D eigenvalue weighted by Crippen LogP contribution is 2.30. The summed E-state index contributed by atoms with van der Waals surface area (Å²) in [5, 5.41) is 0. The molecular weight excluding hydrogens is 229 g/mol. The molecule has 1 rings (SSSR count). The van der Waals surface area contributed by atoms with Crippen molar-refractivity contribution in [3.05, 3.63) is 22.4 Å². The summed E-state index contributed by atoms with van der Waals surface area (Å²) in [6.45, 7) is 0. The monoisotopic (exact) mass is 235 g/mol. The molecule has 1 aromatic carbocycles. The Kier molecular flexibility index (Phi) is 2.78. The molecule has 0 fully saturated rings. The fraction of sp³-hybridized carbons (Fsp3) is 0.143. The van der Waals surface area contributed by atoms with Crippen LogP contribution in [0.5, 0.6) is 0 Å². The van der Waals surface area contributed by atoms with E-state index in [1.807, 2.05) is 0 Å². The molecule has 0 saturated carbocycles. The van der Waals surface area contributed by atoms with Crippen LogP contribution in [0.1, 0.15) is 0 Å². The van der Waals surface area contributed by atoms with Crippen LogP contribution in [0.25, 0.3) is 0 Å². The van der Waals surface area contributed by atoms with Crippen molar-refractivity contribution in [3.63, 3.8) is 0 Å². The number of hydrogen-bond donors (Lipinski definition) is 1. The van der Waals surface area contributed by atoms with Crippen molar-refractivity contribution in [2.75, 3.05) is 12.0 Å². The Bertz CT molecular complexity index is 277. The Morgan fingerprint density at radius 2 is 2.18 bits per heavy atom. The molecule has 0 bridgehead atoms. The summed E-state index contributed by atoms with van der Waals surface area (Å²) >= 11 is 4.38. The maximum atomic E-state index is 13.1. The molecule has 0 spiro atoms. The average molecular weight is 236 g/mol. The molecule has 2 N–H and O–H groups in total. The highest BCUT2D eigenvalue weighted by molar-refractivity contribution is 9.10. The SMILES string of the molecule is CSc1c(N)ccc(Br)c1F. The van der Waals surface area contributed by atoms with E-state index in [-0.39, 0.29) is 5.82 Å². The van der Waals surface area contributed by atoms with Crippen LogP contribution >= 0.6 is 27.7 Å². The number of rotatable bonds is 1. The highest BCUT2D eigenvalue weighted by Gasteiger charge is 2.07. The quantitative estimate of drug-likeness (QED) is 0.599. The Morgan fingerprint density at radius 1 is 1.55 bits per heavy atom. The molecular formula is C7H7BrFNS. The molecule has 1 nitrogen and oxygen atoms in total. The van der Waals surface area contributed by atoms with Gasteiger partial charge in [-0.2, -0.15) is 0 Å². The summed E-state index contributed by atoms with van der Waals surface area (Å²) in [5.74, 6) is -0.280. The van der Waals surface area contributed by atoms with E-state index in [1.165, 1.54) is 11.8 Å². The van der Waals surface area contributed by atoms with E-state index in [1.54, 1.807) is 18.4 Å². The standard InChI is InChI=1S/C7H7BrFNS/c1-11-7-5(10)3-2-4(8)6(7)9/h2-3H,10H2,1H3. The van der Waals surface area contributed by atoms with Crippen molar-refractivity contribution < 1.29 is 4.39 Å². The van der Waals surface area contributed by atoms with Crippen LogP contribution < -0.4 is 5.73 Å². The molecule has 60 valence electrons. The van der Waals surface area contributed by atoms with Gasteiger partial charge in [0, 0.05) is 5.69 Å². The molecule has 0 radical (unpaired) electrons. The van der Waals surface area contributed by atoms with E-state index in [2.05, 4.69) is 15.9 Å². The fourth-order valence-corrected chi connectivity index (χ4v) is 1.81. The van der Waals surface area contributed by atoms with Crippen LogP contribution in [0.15, 0.2) is 21.5 Å². The lowest BCUT2D eigenvalue weighted by Crippen LogP contribution is -1.91. The number of nitrogens with two attached hydrogens (primary N) is 1. The van der Waals surface area contributed by atoms with Gasteiger partial charge in [0.25, 0.3) is 0 Å². The number of nitrogen functional groups attached to an aromatic ring is 1. The predicted octanol–water partition coefficient (Wildman–Crippen LogP) is 2.89. The minimum absolute atomic E-state index is 0.280. The Labute approximate surface area is 77.3 Å². The predicted molar refractivity (Wildman–Crippen MR) is 50.3 cm³/mol. The molecule has 1 aromatic rings. The van der Waals surface area contributed by atoms with Crippen molar-refractivity contribution in [2.24, 2.45) is 0 Å². The maximum absolute atomic E-state index is 13.1. The topological polar surface area (TPSA) is 26.0 Å². The third-order valence-corrected chi connectivity index (χ3v) is 2.72. The molecule has 0 aromatic heterocycles. The number of thioether (sulfide) groups is 1. The normalized spacial score (nSPS) is 10.1. The van der Waals surface area contributed by atoms with Crippen LogP contribution in [0, 0.1) is 5.82 Å². The molecule has 0 saturated heterocycles. The summed E-state index contributed by atoms with van der Waals surface area (Å²) in [5.41, 5.74) is 6.00. The summed E-state index contributed by atoms with van der Waals surface area (Å²) in [6, 6.07) is 3.28. The molecule has 0 heterocycles. The smallest absolute Gasteiger partial charge is 0.152 e. The van der Waals surface area contributed by atoms with E-state index in [0.29, 0.717) is 15.1 Å².